The Morgan fingerprint density at radius 2 is 2.33 bits per heavy atom. The van der Waals surface area contributed by atoms with E-state index in [1.54, 1.807) is 7.11 Å². The van der Waals surface area contributed by atoms with Crippen molar-refractivity contribution in [2.24, 2.45) is 5.73 Å². The van der Waals surface area contributed by atoms with Crippen LogP contribution in [0.5, 0.6) is 0 Å². The van der Waals surface area contributed by atoms with Crippen LogP contribution in [0.15, 0.2) is 24.3 Å². The number of hydrogen-bond acceptors (Lipinski definition) is 3. The second kappa shape index (κ2) is 4.75. The van der Waals surface area contributed by atoms with Crippen LogP contribution in [-0.2, 0) is 15.9 Å². The fourth-order valence-electron chi connectivity index (χ4n) is 2.06. The van der Waals surface area contributed by atoms with Gasteiger partial charge in [0.2, 0.25) is 0 Å². The van der Waals surface area contributed by atoms with Crippen molar-refractivity contribution in [2.75, 3.05) is 20.3 Å². The van der Waals surface area contributed by atoms with E-state index in [1.165, 1.54) is 11.1 Å². The third-order valence-corrected chi connectivity index (χ3v) is 2.78. The highest BCUT2D eigenvalue weighted by Crippen LogP contribution is 2.28. The molecule has 2 rings (SSSR count). The molecule has 0 fully saturated rings. The summed E-state index contributed by atoms with van der Waals surface area (Å²) in [5.74, 6) is 0. The van der Waals surface area contributed by atoms with Crippen molar-refractivity contribution >= 4 is 0 Å². The summed E-state index contributed by atoms with van der Waals surface area (Å²) in [4.78, 5) is 0. The van der Waals surface area contributed by atoms with Crippen LogP contribution in [-0.4, -0.2) is 26.4 Å². The minimum Gasteiger partial charge on any atom is -0.383 e. The second-order valence-electron chi connectivity index (χ2n) is 3.86. The van der Waals surface area contributed by atoms with Gasteiger partial charge < -0.3 is 15.2 Å². The normalized spacial score (nSPS) is 22.1. The smallest absolute Gasteiger partial charge is 0.100 e. The topological polar surface area (TPSA) is 44.5 Å². The predicted molar refractivity (Wildman–Crippen MR) is 58.7 cm³/mol. The van der Waals surface area contributed by atoms with E-state index in [-0.39, 0.29) is 12.1 Å². The highest BCUT2D eigenvalue weighted by atomic mass is 16.5. The molecule has 0 aliphatic carbocycles. The first-order valence-corrected chi connectivity index (χ1v) is 5.27. The number of ether oxygens (including phenoxy) is 2. The van der Waals surface area contributed by atoms with E-state index in [4.69, 9.17) is 15.2 Å². The zero-order valence-electron chi connectivity index (χ0n) is 8.98. The van der Waals surface area contributed by atoms with Crippen molar-refractivity contribution in [1.29, 1.82) is 0 Å². The van der Waals surface area contributed by atoms with Gasteiger partial charge >= 0.3 is 0 Å². The molecule has 0 saturated heterocycles. The molecule has 2 unspecified atom stereocenters. The molecule has 1 aliphatic rings. The van der Waals surface area contributed by atoms with Gasteiger partial charge in [-0.1, -0.05) is 24.3 Å². The standard InChI is InChI=1S/C12H17NO2/c1-14-8-11(13)12-10-5-3-2-4-9(10)6-7-15-12/h2-5,11-12H,6-8,13H2,1H3. The average Bonchev–Trinajstić information content (AvgIpc) is 2.28. The number of benzene rings is 1. The van der Waals surface area contributed by atoms with E-state index in [1.807, 2.05) is 6.07 Å². The largest absolute Gasteiger partial charge is 0.383 e. The van der Waals surface area contributed by atoms with Crippen LogP contribution >= 0.6 is 0 Å². The minimum atomic E-state index is -0.0866. The van der Waals surface area contributed by atoms with Crippen LogP contribution in [0.3, 0.4) is 0 Å². The fraction of sp³-hybridized carbons (Fsp3) is 0.500. The maximum atomic E-state index is 6.02. The molecule has 0 saturated carbocycles. The Morgan fingerprint density at radius 3 is 3.13 bits per heavy atom. The molecule has 1 aromatic rings. The molecule has 2 N–H and O–H groups in total. The SMILES string of the molecule is COCC(N)C1OCCc2ccccc21. The molecule has 1 aliphatic heterocycles. The first-order chi connectivity index (χ1) is 7.33. The summed E-state index contributed by atoms with van der Waals surface area (Å²) in [6, 6.07) is 8.23. The summed E-state index contributed by atoms with van der Waals surface area (Å²) in [6.07, 6.45) is 0.960. The van der Waals surface area contributed by atoms with Gasteiger partial charge in [0, 0.05) is 7.11 Å². The number of fused-ring (bicyclic) bond motifs is 1. The summed E-state index contributed by atoms with van der Waals surface area (Å²) in [6.45, 7) is 1.28. The van der Waals surface area contributed by atoms with Crippen molar-refractivity contribution in [3.8, 4) is 0 Å². The molecule has 3 heteroatoms. The molecule has 82 valence electrons. The van der Waals surface area contributed by atoms with E-state index in [0.717, 1.165) is 13.0 Å². The van der Waals surface area contributed by atoms with Crippen LogP contribution in [0.2, 0.25) is 0 Å². The van der Waals surface area contributed by atoms with E-state index in [0.29, 0.717) is 6.61 Å². The molecule has 2 atom stereocenters. The highest BCUT2D eigenvalue weighted by molar-refractivity contribution is 5.31. The number of methoxy groups -OCH3 is 1. The first-order valence-electron chi connectivity index (χ1n) is 5.27. The van der Waals surface area contributed by atoms with E-state index < -0.39 is 0 Å². The Morgan fingerprint density at radius 1 is 1.53 bits per heavy atom. The average molecular weight is 207 g/mol. The third kappa shape index (κ3) is 2.20. The zero-order valence-corrected chi connectivity index (χ0v) is 8.98. The van der Waals surface area contributed by atoms with Gasteiger partial charge in [-0.3, -0.25) is 0 Å². The third-order valence-electron chi connectivity index (χ3n) is 2.78. The Bertz CT molecular complexity index is 327. The molecule has 1 heterocycles. The van der Waals surface area contributed by atoms with Gasteiger partial charge in [-0.25, -0.2) is 0 Å². The lowest BCUT2D eigenvalue weighted by Crippen LogP contribution is -2.37. The Labute approximate surface area is 90.2 Å². The fourth-order valence-corrected chi connectivity index (χ4v) is 2.06. The summed E-state index contributed by atoms with van der Waals surface area (Å²) >= 11 is 0. The Hall–Kier alpha value is -0.900. The molecular weight excluding hydrogens is 190 g/mol. The summed E-state index contributed by atoms with van der Waals surface area (Å²) in [5.41, 5.74) is 8.59. The van der Waals surface area contributed by atoms with Gasteiger partial charge in [0.15, 0.2) is 0 Å². The number of nitrogens with two attached hydrogens (primary N) is 1. The van der Waals surface area contributed by atoms with Gasteiger partial charge in [0.25, 0.3) is 0 Å². The lowest BCUT2D eigenvalue weighted by molar-refractivity contribution is 0.00469. The predicted octanol–water partition coefficient (Wildman–Crippen LogP) is 1.27. The molecule has 0 radical (unpaired) electrons. The van der Waals surface area contributed by atoms with Crippen molar-refractivity contribution in [2.45, 2.75) is 18.6 Å². The molecule has 15 heavy (non-hydrogen) atoms. The van der Waals surface area contributed by atoms with Crippen molar-refractivity contribution in [3.05, 3.63) is 35.4 Å². The van der Waals surface area contributed by atoms with E-state index >= 15 is 0 Å². The van der Waals surface area contributed by atoms with Crippen LogP contribution < -0.4 is 5.73 Å². The maximum absolute atomic E-state index is 6.02. The second-order valence-corrected chi connectivity index (χ2v) is 3.86. The van der Waals surface area contributed by atoms with E-state index in [2.05, 4.69) is 18.2 Å². The molecule has 0 bridgehead atoms. The van der Waals surface area contributed by atoms with Crippen LogP contribution in [0.25, 0.3) is 0 Å². The number of rotatable bonds is 3. The molecule has 1 aromatic carbocycles. The van der Waals surface area contributed by atoms with E-state index in [9.17, 15) is 0 Å². The number of hydrogen-bond donors (Lipinski definition) is 1. The van der Waals surface area contributed by atoms with Crippen LogP contribution in [0.4, 0.5) is 0 Å². The van der Waals surface area contributed by atoms with Gasteiger partial charge in [-0.05, 0) is 17.5 Å². The highest BCUT2D eigenvalue weighted by Gasteiger charge is 2.25. The molecule has 0 aromatic heterocycles. The lowest BCUT2D eigenvalue weighted by atomic mass is 9.94. The van der Waals surface area contributed by atoms with Crippen LogP contribution in [0.1, 0.15) is 17.2 Å². The molecule has 3 nitrogen and oxygen atoms in total. The van der Waals surface area contributed by atoms with Gasteiger partial charge in [-0.2, -0.15) is 0 Å². The molecular formula is C12H17NO2. The van der Waals surface area contributed by atoms with Gasteiger partial charge in [0.05, 0.1) is 19.3 Å². The Kier molecular flexibility index (Phi) is 3.36. The minimum absolute atomic E-state index is 0.0186. The zero-order chi connectivity index (χ0) is 10.7. The monoisotopic (exact) mass is 207 g/mol. The quantitative estimate of drug-likeness (QED) is 0.812. The van der Waals surface area contributed by atoms with Crippen molar-refractivity contribution in [1.82, 2.24) is 0 Å². The van der Waals surface area contributed by atoms with Crippen molar-refractivity contribution in [3.63, 3.8) is 0 Å². The summed E-state index contributed by atoms with van der Waals surface area (Å²) < 4.78 is 10.8. The Balaban J connectivity index is 2.21. The van der Waals surface area contributed by atoms with Gasteiger partial charge in [-0.15, -0.1) is 0 Å². The molecule has 0 spiro atoms. The lowest BCUT2D eigenvalue weighted by Gasteiger charge is -2.30. The van der Waals surface area contributed by atoms with Crippen LogP contribution in [0, 0.1) is 0 Å². The summed E-state index contributed by atoms with van der Waals surface area (Å²) in [7, 11) is 1.66. The molecule has 0 amide bonds. The van der Waals surface area contributed by atoms with Gasteiger partial charge in [0.1, 0.15) is 6.10 Å². The van der Waals surface area contributed by atoms with Crippen molar-refractivity contribution < 1.29 is 9.47 Å². The maximum Gasteiger partial charge on any atom is 0.100 e. The summed E-state index contributed by atoms with van der Waals surface area (Å²) in [5, 5.41) is 0. The first kappa shape index (κ1) is 10.6.